The molecule has 3 aromatic rings. The van der Waals surface area contributed by atoms with E-state index in [-0.39, 0.29) is 6.04 Å². The van der Waals surface area contributed by atoms with Crippen LogP contribution in [0.3, 0.4) is 0 Å². The molecule has 3 rings (SSSR count). The summed E-state index contributed by atoms with van der Waals surface area (Å²) in [7, 11) is 0. The van der Waals surface area contributed by atoms with E-state index in [9.17, 15) is 0 Å². The minimum atomic E-state index is -0.219. The molecule has 1 unspecified atom stereocenters. The number of para-hydroxylation sites is 1. The third-order valence-electron chi connectivity index (χ3n) is 3.92. The van der Waals surface area contributed by atoms with Gasteiger partial charge in [0.1, 0.15) is 11.3 Å². The molecule has 0 fully saturated rings. The number of nitrogens with two attached hydrogens (primary N) is 1. The zero-order chi connectivity index (χ0) is 14.3. The maximum atomic E-state index is 6.44. The van der Waals surface area contributed by atoms with Gasteiger partial charge in [-0.1, -0.05) is 36.4 Å². The molecule has 102 valence electrons. The molecule has 2 N–H and O–H groups in total. The van der Waals surface area contributed by atoms with Crippen molar-refractivity contribution in [1.29, 1.82) is 0 Å². The van der Waals surface area contributed by atoms with Crippen molar-refractivity contribution < 1.29 is 4.42 Å². The van der Waals surface area contributed by atoms with Crippen LogP contribution in [0.15, 0.2) is 46.9 Å². The summed E-state index contributed by atoms with van der Waals surface area (Å²) in [5.41, 5.74) is 12.1. The summed E-state index contributed by atoms with van der Waals surface area (Å²) in [5, 5.41) is 1.11. The second-order valence-electron chi connectivity index (χ2n) is 5.43. The van der Waals surface area contributed by atoms with Gasteiger partial charge in [0.25, 0.3) is 0 Å². The van der Waals surface area contributed by atoms with E-state index >= 15 is 0 Å². The van der Waals surface area contributed by atoms with Gasteiger partial charge in [-0.05, 0) is 49.1 Å². The molecule has 0 saturated heterocycles. The van der Waals surface area contributed by atoms with Crippen LogP contribution in [0.1, 0.15) is 34.1 Å². The van der Waals surface area contributed by atoms with Crippen molar-refractivity contribution in [3.05, 3.63) is 70.5 Å². The Balaban J connectivity index is 2.13. The molecular weight excluding hydrogens is 246 g/mol. The predicted octanol–water partition coefficient (Wildman–Crippen LogP) is 4.41. The van der Waals surface area contributed by atoms with E-state index in [1.807, 2.05) is 6.07 Å². The summed E-state index contributed by atoms with van der Waals surface area (Å²) >= 11 is 0. The van der Waals surface area contributed by atoms with Crippen LogP contribution < -0.4 is 5.73 Å². The van der Waals surface area contributed by atoms with Crippen molar-refractivity contribution in [2.45, 2.75) is 26.8 Å². The number of furan rings is 1. The van der Waals surface area contributed by atoms with E-state index in [0.29, 0.717) is 0 Å². The quantitative estimate of drug-likeness (QED) is 0.745. The highest BCUT2D eigenvalue weighted by atomic mass is 16.3. The van der Waals surface area contributed by atoms with Crippen LogP contribution in [0.5, 0.6) is 0 Å². The first-order valence-corrected chi connectivity index (χ1v) is 6.88. The summed E-state index contributed by atoms with van der Waals surface area (Å²) in [4.78, 5) is 0. The number of aryl methyl sites for hydroxylation is 3. The molecule has 0 radical (unpaired) electrons. The molecule has 1 aromatic heterocycles. The van der Waals surface area contributed by atoms with E-state index in [0.717, 1.165) is 27.9 Å². The van der Waals surface area contributed by atoms with Crippen LogP contribution in [0.4, 0.5) is 0 Å². The van der Waals surface area contributed by atoms with Crippen molar-refractivity contribution in [3.8, 4) is 0 Å². The largest absolute Gasteiger partial charge is 0.459 e. The highest BCUT2D eigenvalue weighted by molar-refractivity contribution is 5.81. The number of fused-ring (bicyclic) bond motifs is 1. The lowest BCUT2D eigenvalue weighted by Gasteiger charge is -2.15. The first-order chi connectivity index (χ1) is 9.58. The first-order valence-electron chi connectivity index (χ1n) is 6.88. The fourth-order valence-electron chi connectivity index (χ4n) is 2.84. The molecule has 2 nitrogen and oxygen atoms in total. The molecule has 2 aromatic carbocycles. The number of hydrogen-bond acceptors (Lipinski definition) is 2. The van der Waals surface area contributed by atoms with Crippen molar-refractivity contribution in [2.24, 2.45) is 5.73 Å². The predicted molar refractivity (Wildman–Crippen MR) is 82.9 cm³/mol. The lowest BCUT2D eigenvalue weighted by Crippen LogP contribution is -2.14. The Labute approximate surface area is 119 Å². The summed E-state index contributed by atoms with van der Waals surface area (Å²) in [6, 6.07) is 14.2. The van der Waals surface area contributed by atoms with E-state index in [1.54, 1.807) is 0 Å². The minimum Gasteiger partial charge on any atom is -0.459 e. The topological polar surface area (TPSA) is 39.2 Å². The van der Waals surface area contributed by atoms with E-state index in [2.05, 4.69) is 57.2 Å². The van der Waals surface area contributed by atoms with E-state index in [4.69, 9.17) is 10.2 Å². The molecule has 1 atom stereocenters. The fraction of sp³-hybridized carbons (Fsp3) is 0.222. The Morgan fingerprint density at radius 1 is 0.900 bits per heavy atom. The minimum absolute atomic E-state index is 0.219. The lowest BCUT2D eigenvalue weighted by molar-refractivity contribution is 0.522. The average molecular weight is 265 g/mol. The Hall–Kier alpha value is -2.06. The van der Waals surface area contributed by atoms with E-state index < -0.39 is 0 Å². The summed E-state index contributed by atoms with van der Waals surface area (Å²) < 4.78 is 6.00. The van der Waals surface area contributed by atoms with Gasteiger partial charge in [-0.15, -0.1) is 0 Å². The maximum Gasteiger partial charge on any atom is 0.137 e. The number of benzene rings is 2. The summed E-state index contributed by atoms with van der Waals surface area (Å²) in [6.07, 6.45) is 0. The third-order valence-corrected chi connectivity index (χ3v) is 3.92. The Morgan fingerprint density at radius 2 is 1.50 bits per heavy atom. The van der Waals surface area contributed by atoms with Gasteiger partial charge in [0.15, 0.2) is 0 Å². The fourth-order valence-corrected chi connectivity index (χ4v) is 2.84. The van der Waals surface area contributed by atoms with Crippen molar-refractivity contribution >= 4 is 11.0 Å². The van der Waals surface area contributed by atoms with Crippen LogP contribution in [-0.4, -0.2) is 0 Å². The zero-order valence-electron chi connectivity index (χ0n) is 12.1. The molecule has 20 heavy (non-hydrogen) atoms. The van der Waals surface area contributed by atoms with Gasteiger partial charge in [-0.2, -0.15) is 0 Å². The Kier molecular flexibility index (Phi) is 3.11. The van der Waals surface area contributed by atoms with Crippen LogP contribution in [-0.2, 0) is 0 Å². The molecule has 0 aliphatic carbocycles. The molecule has 2 heteroatoms. The third kappa shape index (κ3) is 2.02. The Morgan fingerprint density at radius 3 is 2.15 bits per heavy atom. The standard InChI is InChI=1S/C18H19NO/c1-11-6-4-7-12(2)16(11)17(19)15-10-14-9-5-8-13(3)18(14)20-15/h4-10,17H,19H2,1-3H3. The highest BCUT2D eigenvalue weighted by Gasteiger charge is 2.18. The second-order valence-corrected chi connectivity index (χ2v) is 5.43. The lowest BCUT2D eigenvalue weighted by atomic mass is 9.95. The summed E-state index contributed by atoms with van der Waals surface area (Å²) in [5.74, 6) is 0.826. The molecule has 0 bridgehead atoms. The molecular formula is C18H19NO. The number of hydrogen-bond donors (Lipinski definition) is 1. The SMILES string of the molecule is Cc1cccc(C)c1C(N)c1cc2cccc(C)c2o1. The average Bonchev–Trinajstić information content (AvgIpc) is 2.84. The van der Waals surface area contributed by atoms with Gasteiger partial charge < -0.3 is 10.2 Å². The molecule has 0 aliphatic heterocycles. The maximum absolute atomic E-state index is 6.44. The Bertz CT molecular complexity index is 750. The van der Waals surface area contributed by atoms with Crippen molar-refractivity contribution in [3.63, 3.8) is 0 Å². The van der Waals surface area contributed by atoms with Gasteiger partial charge in [-0.3, -0.25) is 0 Å². The first kappa shape index (κ1) is 12.9. The monoisotopic (exact) mass is 265 g/mol. The highest BCUT2D eigenvalue weighted by Crippen LogP contribution is 2.31. The molecule has 0 spiro atoms. The van der Waals surface area contributed by atoms with Crippen LogP contribution in [0, 0.1) is 20.8 Å². The number of rotatable bonds is 2. The summed E-state index contributed by atoms with van der Waals surface area (Å²) in [6.45, 7) is 6.24. The van der Waals surface area contributed by atoms with Gasteiger partial charge in [0.2, 0.25) is 0 Å². The van der Waals surface area contributed by atoms with Gasteiger partial charge >= 0.3 is 0 Å². The van der Waals surface area contributed by atoms with Crippen LogP contribution in [0.2, 0.25) is 0 Å². The normalized spacial score (nSPS) is 12.8. The van der Waals surface area contributed by atoms with E-state index in [1.165, 1.54) is 11.1 Å². The van der Waals surface area contributed by atoms with Crippen molar-refractivity contribution in [2.75, 3.05) is 0 Å². The van der Waals surface area contributed by atoms with Gasteiger partial charge in [-0.25, -0.2) is 0 Å². The molecule has 0 saturated carbocycles. The smallest absolute Gasteiger partial charge is 0.137 e. The molecule has 0 amide bonds. The second kappa shape index (κ2) is 4.80. The van der Waals surface area contributed by atoms with Crippen molar-refractivity contribution in [1.82, 2.24) is 0 Å². The van der Waals surface area contributed by atoms with Crippen LogP contribution in [0.25, 0.3) is 11.0 Å². The van der Waals surface area contributed by atoms with Gasteiger partial charge in [0, 0.05) is 5.39 Å². The molecule has 0 aliphatic rings. The van der Waals surface area contributed by atoms with Gasteiger partial charge in [0.05, 0.1) is 6.04 Å². The molecule has 1 heterocycles. The van der Waals surface area contributed by atoms with Crippen LogP contribution >= 0.6 is 0 Å². The zero-order valence-corrected chi connectivity index (χ0v) is 12.1.